The summed E-state index contributed by atoms with van der Waals surface area (Å²) in [5.74, 6) is 0. The van der Waals surface area contributed by atoms with Crippen LogP contribution in [-0.4, -0.2) is 47.3 Å². The number of hydrogen-bond donors (Lipinski definition) is 3. The molecule has 0 saturated carbocycles. The maximum atomic E-state index is 10.0. The van der Waals surface area contributed by atoms with Crippen LogP contribution < -0.4 is 10.6 Å². The van der Waals surface area contributed by atoms with Crippen LogP contribution in [-0.2, 0) is 6.54 Å². The van der Waals surface area contributed by atoms with Gasteiger partial charge in [-0.25, -0.2) is 0 Å². The fraction of sp³-hybridized carbons (Fsp3) is 0.321. The maximum absolute atomic E-state index is 10.0. The molecule has 0 aliphatic carbocycles. The minimum absolute atomic E-state index is 0.172. The Hall–Kier alpha value is -2.77. The van der Waals surface area contributed by atoms with Gasteiger partial charge in [-0.2, -0.15) is 0 Å². The molecule has 0 amide bonds. The largest absolute Gasteiger partial charge is 0.394 e. The number of hydrogen-bond acceptors (Lipinski definition) is 6. The molecule has 2 aromatic heterocycles. The monoisotopic (exact) mass is 472 g/mol. The topological polar surface area (TPSA) is 60.4 Å². The summed E-state index contributed by atoms with van der Waals surface area (Å²) in [5, 5.41) is 19.4. The molecule has 0 radical (unpaired) electrons. The molecular weight excluding hydrogens is 440 g/mol. The summed E-state index contributed by atoms with van der Waals surface area (Å²) in [6.45, 7) is 5.07. The molecule has 1 aliphatic heterocycles. The lowest BCUT2D eigenvalue weighted by Gasteiger charge is -2.40. The lowest BCUT2D eigenvalue weighted by atomic mass is 9.88. The third kappa shape index (κ3) is 4.72. The first-order valence-electron chi connectivity index (χ1n) is 11.9. The van der Waals surface area contributed by atoms with Gasteiger partial charge in [0.05, 0.1) is 17.0 Å². The number of piperidine rings is 1. The van der Waals surface area contributed by atoms with E-state index in [0.29, 0.717) is 6.54 Å². The third-order valence-corrected chi connectivity index (χ3v) is 7.99. The average molecular weight is 473 g/mol. The summed E-state index contributed by atoms with van der Waals surface area (Å²) in [7, 11) is 2.14. The van der Waals surface area contributed by atoms with E-state index in [9.17, 15) is 5.11 Å². The fourth-order valence-electron chi connectivity index (χ4n) is 4.71. The molecule has 3 heterocycles. The van der Waals surface area contributed by atoms with Crippen LogP contribution in [0.25, 0.3) is 21.3 Å². The van der Waals surface area contributed by atoms with Gasteiger partial charge in [0.1, 0.15) is 5.52 Å². The molecule has 1 aliphatic rings. The van der Waals surface area contributed by atoms with Gasteiger partial charge in [0.25, 0.3) is 0 Å². The van der Waals surface area contributed by atoms with Crippen LogP contribution in [0.1, 0.15) is 24.0 Å². The highest BCUT2D eigenvalue weighted by Crippen LogP contribution is 2.35. The first-order valence-corrected chi connectivity index (χ1v) is 12.8. The minimum atomic E-state index is -0.190. The molecule has 0 unspecified atom stereocenters. The number of fused-ring (bicyclic) bond motifs is 1. The molecule has 1 fully saturated rings. The lowest BCUT2D eigenvalue weighted by Crippen LogP contribution is -2.54. The summed E-state index contributed by atoms with van der Waals surface area (Å²) in [5.41, 5.74) is 7.77. The molecule has 0 spiro atoms. The predicted molar refractivity (Wildman–Crippen MR) is 143 cm³/mol. The highest BCUT2D eigenvalue weighted by atomic mass is 32.1. The fourth-order valence-corrected chi connectivity index (χ4v) is 5.62. The van der Waals surface area contributed by atoms with Crippen LogP contribution in [0.5, 0.6) is 0 Å². The second-order valence-corrected chi connectivity index (χ2v) is 10.3. The van der Waals surface area contributed by atoms with Crippen molar-refractivity contribution >= 4 is 32.9 Å². The first-order chi connectivity index (χ1) is 16.6. The summed E-state index contributed by atoms with van der Waals surface area (Å²) in [4.78, 5) is 7.13. The van der Waals surface area contributed by atoms with Gasteiger partial charge in [0.15, 0.2) is 0 Å². The van der Waals surface area contributed by atoms with E-state index in [1.807, 2.05) is 12.3 Å². The summed E-state index contributed by atoms with van der Waals surface area (Å²) in [6.07, 6.45) is 3.88. The number of likely N-dealkylation sites (tertiary alicyclic amines) is 1. The number of nitrogens with zero attached hydrogens (tertiary/aromatic N) is 2. The average Bonchev–Trinajstić information content (AvgIpc) is 3.28. The SMILES string of the molecule is Cc1c(Nc2csc3cc(CNC4(CO)CCN(C)CC4)cnc23)cccc1-c1ccccc1. The highest BCUT2D eigenvalue weighted by molar-refractivity contribution is 7.17. The second kappa shape index (κ2) is 9.84. The third-order valence-electron chi connectivity index (χ3n) is 7.07. The van der Waals surface area contributed by atoms with E-state index in [1.54, 1.807) is 11.3 Å². The first kappa shape index (κ1) is 23.0. The number of nitrogens with one attached hydrogen (secondary N) is 2. The molecule has 1 saturated heterocycles. The molecular formula is C28H32N4OS. The summed E-state index contributed by atoms with van der Waals surface area (Å²) in [6, 6.07) is 19.1. The number of rotatable bonds is 7. The van der Waals surface area contributed by atoms with E-state index in [2.05, 4.69) is 83.4 Å². The number of aliphatic hydroxyl groups excluding tert-OH is 1. The number of thiophene rings is 1. The maximum Gasteiger partial charge on any atom is 0.104 e. The Morgan fingerprint density at radius 2 is 1.85 bits per heavy atom. The zero-order valence-corrected chi connectivity index (χ0v) is 20.7. The van der Waals surface area contributed by atoms with E-state index in [-0.39, 0.29) is 12.1 Å². The van der Waals surface area contributed by atoms with Gasteiger partial charge < -0.3 is 20.6 Å². The Morgan fingerprint density at radius 1 is 1.06 bits per heavy atom. The second-order valence-electron chi connectivity index (χ2n) is 9.40. The zero-order valence-electron chi connectivity index (χ0n) is 19.8. The van der Waals surface area contributed by atoms with Crippen molar-refractivity contribution < 1.29 is 5.11 Å². The predicted octanol–water partition coefficient (Wildman–Crippen LogP) is 5.56. The Labute approximate surface area is 205 Å². The van der Waals surface area contributed by atoms with Crippen LogP contribution in [0.2, 0.25) is 0 Å². The molecule has 2 aromatic carbocycles. The van der Waals surface area contributed by atoms with Gasteiger partial charge in [-0.15, -0.1) is 11.3 Å². The van der Waals surface area contributed by atoms with Crippen molar-refractivity contribution in [3.05, 3.63) is 77.3 Å². The van der Waals surface area contributed by atoms with E-state index < -0.39 is 0 Å². The van der Waals surface area contributed by atoms with E-state index in [4.69, 9.17) is 4.98 Å². The summed E-state index contributed by atoms with van der Waals surface area (Å²) >= 11 is 1.71. The standard InChI is InChI=1S/C28H32N4OS/c1-20-23(22-7-4-3-5-8-22)9-6-10-24(20)31-25-18-34-26-15-21(16-29-27(25)26)17-30-28(19-33)11-13-32(2)14-12-28/h3-10,15-16,18,30-31,33H,11-14,17,19H2,1-2H3. The van der Waals surface area contributed by atoms with Gasteiger partial charge in [0, 0.05) is 29.3 Å². The van der Waals surface area contributed by atoms with Crippen molar-refractivity contribution in [2.45, 2.75) is 31.8 Å². The van der Waals surface area contributed by atoms with Gasteiger partial charge in [-0.3, -0.25) is 4.98 Å². The number of pyridine rings is 1. The van der Waals surface area contributed by atoms with Crippen LogP contribution in [0.3, 0.4) is 0 Å². The normalized spacial score (nSPS) is 16.1. The zero-order chi connectivity index (χ0) is 23.5. The Balaban J connectivity index is 1.33. The molecule has 3 N–H and O–H groups in total. The molecule has 5 nitrogen and oxygen atoms in total. The molecule has 5 rings (SSSR count). The molecule has 6 heteroatoms. The van der Waals surface area contributed by atoms with Crippen LogP contribution >= 0.6 is 11.3 Å². The van der Waals surface area contributed by atoms with Crippen LogP contribution in [0.15, 0.2) is 66.2 Å². The number of aromatic nitrogens is 1. The van der Waals surface area contributed by atoms with Crippen molar-refractivity contribution in [1.29, 1.82) is 0 Å². The van der Waals surface area contributed by atoms with Crippen molar-refractivity contribution in [3.8, 4) is 11.1 Å². The van der Waals surface area contributed by atoms with E-state index >= 15 is 0 Å². The van der Waals surface area contributed by atoms with Crippen LogP contribution in [0.4, 0.5) is 11.4 Å². The highest BCUT2D eigenvalue weighted by Gasteiger charge is 2.32. The quantitative estimate of drug-likeness (QED) is 0.329. The van der Waals surface area contributed by atoms with Crippen molar-refractivity contribution in [2.24, 2.45) is 0 Å². The van der Waals surface area contributed by atoms with Gasteiger partial charge in [-0.05, 0) is 74.3 Å². The van der Waals surface area contributed by atoms with Crippen molar-refractivity contribution in [1.82, 2.24) is 15.2 Å². The number of aliphatic hydroxyl groups is 1. The van der Waals surface area contributed by atoms with E-state index in [1.165, 1.54) is 21.4 Å². The Morgan fingerprint density at radius 3 is 2.62 bits per heavy atom. The van der Waals surface area contributed by atoms with Gasteiger partial charge in [-0.1, -0.05) is 42.5 Å². The van der Waals surface area contributed by atoms with Crippen LogP contribution in [0, 0.1) is 6.92 Å². The smallest absolute Gasteiger partial charge is 0.104 e. The van der Waals surface area contributed by atoms with Crippen molar-refractivity contribution in [2.75, 3.05) is 32.1 Å². The Kier molecular flexibility index (Phi) is 6.66. The van der Waals surface area contributed by atoms with E-state index in [0.717, 1.165) is 48.4 Å². The molecule has 4 aromatic rings. The lowest BCUT2D eigenvalue weighted by molar-refractivity contribution is 0.0879. The minimum Gasteiger partial charge on any atom is -0.394 e. The Bertz CT molecular complexity index is 1260. The molecule has 0 atom stereocenters. The summed E-state index contributed by atoms with van der Waals surface area (Å²) < 4.78 is 1.17. The van der Waals surface area contributed by atoms with Gasteiger partial charge >= 0.3 is 0 Å². The van der Waals surface area contributed by atoms with Crippen molar-refractivity contribution in [3.63, 3.8) is 0 Å². The molecule has 0 bridgehead atoms. The molecule has 176 valence electrons. The molecule has 34 heavy (non-hydrogen) atoms. The number of benzene rings is 2. The number of anilines is 2. The van der Waals surface area contributed by atoms with Gasteiger partial charge in [0.2, 0.25) is 0 Å².